The van der Waals surface area contributed by atoms with Crippen LogP contribution in [-0.2, 0) is 6.54 Å². The molecule has 4 nitrogen and oxygen atoms in total. The van der Waals surface area contributed by atoms with Crippen molar-refractivity contribution in [2.45, 2.75) is 45.6 Å². The summed E-state index contributed by atoms with van der Waals surface area (Å²) in [5.41, 5.74) is 1.000. The summed E-state index contributed by atoms with van der Waals surface area (Å²) in [6.45, 7) is 5.05. The van der Waals surface area contributed by atoms with Crippen LogP contribution in [0.5, 0.6) is 0 Å². The molecule has 1 aromatic rings. The van der Waals surface area contributed by atoms with Crippen molar-refractivity contribution in [2.24, 2.45) is 5.92 Å². The van der Waals surface area contributed by atoms with Crippen LogP contribution < -0.4 is 10.5 Å². The maximum absolute atomic E-state index is 12.1. The quantitative estimate of drug-likeness (QED) is 0.647. The number of aromatic nitrogens is 2. The molecular weight excluding hydrogens is 270 g/mol. The Labute approximate surface area is 126 Å². The summed E-state index contributed by atoms with van der Waals surface area (Å²) in [6.07, 6.45) is 7.52. The molecule has 0 amide bonds. The topological polar surface area (TPSA) is 38.1 Å². The Kier molecular flexibility index (Phi) is 5.95. The minimum atomic E-state index is 0.0200. The minimum Gasteiger partial charge on any atom is -0.370 e. The third-order valence-corrected chi connectivity index (χ3v) is 4.22. The maximum Gasteiger partial charge on any atom is 0.268 e. The van der Waals surface area contributed by atoms with Gasteiger partial charge in [0.2, 0.25) is 0 Å². The maximum atomic E-state index is 12.1. The van der Waals surface area contributed by atoms with Crippen LogP contribution in [0.1, 0.15) is 39.0 Å². The van der Waals surface area contributed by atoms with Crippen LogP contribution in [0.15, 0.2) is 17.1 Å². The van der Waals surface area contributed by atoms with Gasteiger partial charge in [-0.1, -0.05) is 13.3 Å². The Morgan fingerprint density at radius 2 is 2.25 bits per heavy atom. The van der Waals surface area contributed by atoms with Gasteiger partial charge in [-0.25, -0.2) is 4.68 Å². The van der Waals surface area contributed by atoms with Crippen molar-refractivity contribution in [2.75, 3.05) is 23.7 Å². The molecule has 1 atom stereocenters. The molecule has 0 aromatic carbocycles. The van der Waals surface area contributed by atoms with E-state index in [0.717, 1.165) is 43.8 Å². The predicted molar refractivity (Wildman–Crippen MR) is 86.8 cm³/mol. The molecule has 112 valence electrons. The van der Waals surface area contributed by atoms with Crippen LogP contribution in [0.2, 0.25) is 0 Å². The number of hydrogen-bond donors (Lipinski definition) is 1. The average molecular weight is 295 g/mol. The van der Waals surface area contributed by atoms with E-state index in [2.05, 4.69) is 29.6 Å². The first-order chi connectivity index (χ1) is 9.70. The molecule has 0 spiro atoms. The van der Waals surface area contributed by atoms with E-state index in [0.29, 0.717) is 12.5 Å². The van der Waals surface area contributed by atoms with Gasteiger partial charge in [0.1, 0.15) is 0 Å². The molecular formula is C15H25N3OS. The van der Waals surface area contributed by atoms with Gasteiger partial charge in [-0.15, -0.1) is 0 Å². The van der Waals surface area contributed by atoms with Gasteiger partial charge in [0.05, 0.1) is 11.9 Å². The zero-order chi connectivity index (χ0) is 14.4. The second kappa shape index (κ2) is 7.72. The summed E-state index contributed by atoms with van der Waals surface area (Å²) in [7, 11) is 0. The molecule has 1 aliphatic heterocycles. The summed E-state index contributed by atoms with van der Waals surface area (Å²) < 4.78 is 1.58. The van der Waals surface area contributed by atoms with Gasteiger partial charge in [0, 0.05) is 25.7 Å². The molecule has 2 rings (SSSR count). The molecule has 2 heterocycles. The van der Waals surface area contributed by atoms with Crippen molar-refractivity contribution in [3.8, 4) is 0 Å². The third kappa shape index (κ3) is 4.27. The normalized spacial score (nSPS) is 19.3. The van der Waals surface area contributed by atoms with E-state index in [1.165, 1.54) is 12.8 Å². The van der Waals surface area contributed by atoms with E-state index < -0.39 is 0 Å². The number of aryl methyl sites for hydroxylation is 1. The van der Waals surface area contributed by atoms with E-state index in [1.807, 2.05) is 6.20 Å². The Morgan fingerprint density at radius 1 is 1.40 bits per heavy atom. The minimum absolute atomic E-state index is 0.0200. The zero-order valence-corrected chi connectivity index (χ0v) is 13.2. The van der Waals surface area contributed by atoms with Gasteiger partial charge < -0.3 is 4.90 Å². The van der Waals surface area contributed by atoms with Crippen molar-refractivity contribution in [3.63, 3.8) is 0 Å². The molecule has 0 N–H and O–H groups in total. The number of nitrogens with zero attached hydrogens (tertiary/aromatic N) is 3. The number of piperidine rings is 1. The van der Waals surface area contributed by atoms with Crippen LogP contribution >= 0.6 is 12.6 Å². The summed E-state index contributed by atoms with van der Waals surface area (Å²) in [5.74, 6) is 1.61. The molecule has 1 aliphatic rings. The van der Waals surface area contributed by atoms with Crippen molar-refractivity contribution in [1.29, 1.82) is 0 Å². The van der Waals surface area contributed by atoms with Crippen LogP contribution in [0, 0.1) is 5.92 Å². The van der Waals surface area contributed by atoms with E-state index >= 15 is 0 Å². The highest BCUT2D eigenvalue weighted by Crippen LogP contribution is 2.20. The predicted octanol–water partition coefficient (Wildman–Crippen LogP) is 2.58. The largest absolute Gasteiger partial charge is 0.370 e. The van der Waals surface area contributed by atoms with Crippen LogP contribution in [0.3, 0.4) is 0 Å². The smallest absolute Gasteiger partial charge is 0.268 e. The Morgan fingerprint density at radius 3 is 2.95 bits per heavy atom. The lowest BCUT2D eigenvalue weighted by atomic mass is 10.00. The van der Waals surface area contributed by atoms with Gasteiger partial charge in [-0.2, -0.15) is 17.7 Å². The van der Waals surface area contributed by atoms with Gasteiger partial charge >= 0.3 is 0 Å². The van der Waals surface area contributed by atoms with Gasteiger partial charge in [0.15, 0.2) is 0 Å². The van der Waals surface area contributed by atoms with Gasteiger partial charge in [-0.05, 0) is 37.4 Å². The second-order valence-corrected chi connectivity index (χ2v) is 6.20. The number of anilines is 1. The molecule has 5 heteroatoms. The second-order valence-electron chi connectivity index (χ2n) is 5.75. The van der Waals surface area contributed by atoms with Crippen molar-refractivity contribution in [3.05, 3.63) is 22.6 Å². The highest BCUT2D eigenvalue weighted by Gasteiger charge is 2.17. The van der Waals surface area contributed by atoms with Gasteiger partial charge in [-0.3, -0.25) is 4.79 Å². The van der Waals surface area contributed by atoms with Crippen LogP contribution in [-0.4, -0.2) is 28.6 Å². The lowest BCUT2D eigenvalue weighted by Crippen LogP contribution is -2.35. The van der Waals surface area contributed by atoms with Crippen molar-refractivity contribution in [1.82, 2.24) is 9.78 Å². The van der Waals surface area contributed by atoms with Gasteiger partial charge in [0.25, 0.3) is 5.56 Å². The summed E-state index contributed by atoms with van der Waals surface area (Å²) >= 11 is 4.19. The SMILES string of the molecule is CC1CCCN(c2cnn(CCCCCS)c(=O)c2)C1. The third-order valence-electron chi connectivity index (χ3n) is 3.91. The van der Waals surface area contributed by atoms with Crippen LogP contribution in [0.4, 0.5) is 5.69 Å². The molecule has 1 aromatic heterocycles. The Bertz CT molecular complexity index is 474. The van der Waals surface area contributed by atoms with E-state index in [4.69, 9.17) is 0 Å². The first kappa shape index (κ1) is 15.4. The fourth-order valence-corrected chi connectivity index (χ4v) is 2.96. The highest BCUT2D eigenvalue weighted by molar-refractivity contribution is 7.80. The summed E-state index contributed by atoms with van der Waals surface area (Å²) in [5, 5.41) is 4.32. The molecule has 0 bridgehead atoms. The first-order valence-corrected chi connectivity index (χ1v) is 8.27. The number of hydrogen-bond acceptors (Lipinski definition) is 4. The zero-order valence-electron chi connectivity index (χ0n) is 12.3. The number of unbranched alkanes of at least 4 members (excludes halogenated alkanes) is 2. The standard InChI is InChI=1S/C15H25N3OS/c1-13-6-5-7-17(12-13)14-10-15(19)18(16-11-14)8-3-2-4-9-20/h10-11,13,20H,2-9,12H2,1H3. The summed E-state index contributed by atoms with van der Waals surface area (Å²) in [4.78, 5) is 14.4. The van der Waals surface area contributed by atoms with E-state index in [-0.39, 0.29) is 5.56 Å². The monoisotopic (exact) mass is 295 g/mol. The molecule has 1 fully saturated rings. The Balaban J connectivity index is 1.96. The molecule has 1 saturated heterocycles. The molecule has 20 heavy (non-hydrogen) atoms. The van der Waals surface area contributed by atoms with E-state index in [9.17, 15) is 4.79 Å². The fraction of sp³-hybridized carbons (Fsp3) is 0.733. The van der Waals surface area contributed by atoms with E-state index in [1.54, 1.807) is 10.7 Å². The molecule has 0 radical (unpaired) electrons. The fourth-order valence-electron chi connectivity index (χ4n) is 2.74. The first-order valence-electron chi connectivity index (χ1n) is 7.63. The molecule has 0 aliphatic carbocycles. The van der Waals surface area contributed by atoms with Crippen molar-refractivity contribution < 1.29 is 0 Å². The number of rotatable bonds is 6. The summed E-state index contributed by atoms with van der Waals surface area (Å²) in [6, 6.07) is 1.74. The Hall–Kier alpha value is -0.970. The average Bonchev–Trinajstić information content (AvgIpc) is 2.45. The van der Waals surface area contributed by atoms with Crippen molar-refractivity contribution >= 4 is 18.3 Å². The molecule has 0 saturated carbocycles. The van der Waals surface area contributed by atoms with Crippen LogP contribution in [0.25, 0.3) is 0 Å². The lowest BCUT2D eigenvalue weighted by Gasteiger charge is -2.32. The lowest BCUT2D eigenvalue weighted by molar-refractivity contribution is 0.445. The number of thiol groups is 1. The molecule has 1 unspecified atom stereocenters. The highest BCUT2D eigenvalue weighted by atomic mass is 32.1.